The van der Waals surface area contributed by atoms with Crippen molar-refractivity contribution in [3.63, 3.8) is 0 Å². The summed E-state index contributed by atoms with van der Waals surface area (Å²) in [7, 11) is -5.02. The van der Waals surface area contributed by atoms with E-state index < -0.39 is 19.9 Å². The first kappa shape index (κ1) is 22.6. The van der Waals surface area contributed by atoms with Gasteiger partial charge in [-0.1, -0.05) is 18.2 Å². The molecule has 2 aliphatic heterocycles. The molecule has 2 aliphatic rings. The van der Waals surface area contributed by atoms with Crippen molar-refractivity contribution >= 4 is 48.6 Å². The van der Waals surface area contributed by atoms with E-state index in [0.717, 1.165) is 31.0 Å². The van der Waals surface area contributed by atoms with Crippen molar-refractivity contribution in [1.82, 2.24) is 14.2 Å². The Morgan fingerprint density at radius 3 is 2.71 bits per heavy atom. The Morgan fingerprint density at radius 1 is 1.29 bits per heavy atom. The average molecular weight is 488 g/mol. The van der Waals surface area contributed by atoms with Gasteiger partial charge in [-0.05, 0) is 37.5 Å². The number of sulfone groups is 1. The standard InChI is InChI=1S/C19H25N3O6S3/c1-21(14-7-10-30(24,25)13-14)18(23)12-29-19-20-16-11-15(5-6-17(16)28-19)31(26,27)22-8-3-2-4-9-22/h5-6,11,14H,2-4,7-10,12-13H2,1H3/t14-/m1/s1. The van der Waals surface area contributed by atoms with Crippen LogP contribution in [0.2, 0.25) is 0 Å². The molecule has 2 fully saturated rings. The highest BCUT2D eigenvalue weighted by atomic mass is 32.2. The number of nitrogens with zero attached hydrogens (tertiary/aromatic N) is 3. The summed E-state index contributed by atoms with van der Waals surface area (Å²) in [5, 5.41) is 0.267. The third-order valence-corrected chi connectivity index (χ3v) is 10.2. The molecule has 0 bridgehead atoms. The van der Waals surface area contributed by atoms with Crippen LogP contribution in [-0.4, -0.2) is 80.4 Å². The number of aromatic nitrogens is 1. The van der Waals surface area contributed by atoms with Crippen LogP contribution in [0.1, 0.15) is 25.7 Å². The van der Waals surface area contributed by atoms with Gasteiger partial charge in [0, 0.05) is 26.2 Å². The summed E-state index contributed by atoms with van der Waals surface area (Å²) in [6.07, 6.45) is 3.22. The van der Waals surface area contributed by atoms with Crippen molar-refractivity contribution in [3.05, 3.63) is 18.2 Å². The molecule has 31 heavy (non-hydrogen) atoms. The number of thioether (sulfide) groups is 1. The third-order valence-electron chi connectivity index (χ3n) is 5.76. The van der Waals surface area contributed by atoms with Crippen LogP contribution in [-0.2, 0) is 24.7 Å². The van der Waals surface area contributed by atoms with Crippen LogP contribution in [0.15, 0.2) is 32.7 Å². The molecule has 9 nitrogen and oxygen atoms in total. The highest BCUT2D eigenvalue weighted by molar-refractivity contribution is 7.99. The van der Waals surface area contributed by atoms with Gasteiger partial charge in [0.1, 0.15) is 5.52 Å². The van der Waals surface area contributed by atoms with Crippen molar-refractivity contribution in [2.24, 2.45) is 0 Å². The van der Waals surface area contributed by atoms with Crippen LogP contribution in [0.5, 0.6) is 0 Å². The van der Waals surface area contributed by atoms with Crippen molar-refractivity contribution in [2.75, 3.05) is 37.4 Å². The first-order chi connectivity index (χ1) is 14.7. The van der Waals surface area contributed by atoms with Crippen LogP contribution < -0.4 is 0 Å². The Balaban J connectivity index is 1.43. The highest BCUT2D eigenvalue weighted by Crippen LogP contribution is 2.28. The number of hydrogen-bond donors (Lipinski definition) is 0. The second-order valence-electron chi connectivity index (χ2n) is 7.92. The van der Waals surface area contributed by atoms with Gasteiger partial charge in [0.15, 0.2) is 15.4 Å². The van der Waals surface area contributed by atoms with Crippen LogP contribution in [0, 0.1) is 0 Å². The number of sulfonamides is 1. The number of fused-ring (bicyclic) bond motifs is 1. The van der Waals surface area contributed by atoms with Crippen LogP contribution in [0.4, 0.5) is 0 Å². The number of oxazole rings is 1. The monoisotopic (exact) mass is 487 g/mol. The molecule has 0 unspecified atom stereocenters. The van der Waals surface area contributed by atoms with Gasteiger partial charge in [-0.15, -0.1) is 0 Å². The Bertz CT molecular complexity index is 1190. The number of piperidine rings is 1. The molecule has 1 aromatic heterocycles. The number of carbonyl (C=O) groups is 1. The Hall–Kier alpha value is -1.63. The minimum atomic E-state index is -3.57. The summed E-state index contributed by atoms with van der Waals surface area (Å²) in [4.78, 5) is 18.4. The predicted molar refractivity (Wildman–Crippen MR) is 117 cm³/mol. The van der Waals surface area contributed by atoms with Gasteiger partial charge >= 0.3 is 0 Å². The minimum Gasteiger partial charge on any atom is -0.431 e. The molecule has 170 valence electrons. The van der Waals surface area contributed by atoms with Gasteiger partial charge in [0.2, 0.25) is 15.9 Å². The van der Waals surface area contributed by atoms with Crippen molar-refractivity contribution in [1.29, 1.82) is 0 Å². The lowest BCUT2D eigenvalue weighted by Crippen LogP contribution is -2.38. The number of rotatable bonds is 6. The molecule has 0 aliphatic carbocycles. The maximum absolute atomic E-state index is 12.9. The van der Waals surface area contributed by atoms with E-state index >= 15 is 0 Å². The van der Waals surface area contributed by atoms with E-state index in [1.54, 1.807) is 13.1 Å². The molecular formula is C19H25N3O6S3. The zero-order valence-corrected chi connectivity index (χ0v) is 19.6. The molecule has 12 heteroatoms. The molecule has 0 spiro atoms. The fourth-order valence-electron chi connectivity index (χ4n) is 3.87. The van der Waals surface area contributed by atoms with E-state index in [1.165, 1.54) is 21.3 Å². The molecule has 2 aromatic rings. The molecule has 1 amide bonds. The summed E-state index contributed by atoms with van der Waals surface area (Å²) >= 11 is 1.10. The van der Waals surface area contributed by atoms with E-state index in [9.17, 15) is 21.6 Å². The van der Waals surface area contributed by atoms with E-state index in [1.807, 2.05) is 0 Å². The lowest BCUT2D eigenvalue weighted by atomic mass is 10.2. The van der Waals surface area contributed by atoms with E-state index in [4.69, 9.17) is 4.42 Å². The molecule has 0 saturated carbocycles. The van der Waals surface area contributed by atoms with Crippen LogP contribution >= 0.6 is 11.8 Å². The number of hydrogen-bond acceptors (Lipinski definition) is 8. The Kier molecular flexibility index (Phi) is 6.35. The number of amides is 1. The Morgan fingerprint density at radius 2 is 2.03 bits per heavy atom. The maximum Gasteiger partial charge on any atom is 0.257 e. The van der Waals surface area contributed by atoms with E-state index in [0.29, 0.717) is 30.6 Å². The summed E-state index contributed by atoms with van der Waals surface area (Å²) in [5.74, 6) is -0.0470. The molecule has 0 N–H and O–H groups in total. The van der Waals surface area contributed by atoms with Gasteiger partial charge < -0.3 is 9.32 Å². The van der Waals surface area contributed by atoms with Crippen molar-refractivity contribution in [3.8, 4) is 0 Å². The second-order valence-corrected chi connectivity index (χ2v) is 13.0. The lowest BCUT2D eigenvalue weighted by Gasteiger charge is -2.25. The number of carbonyl (C=O) groups excluding carboxylic acids is 1. The van der Waals surface area contributed by atoms with E-state index in [-0.39, 0.29) is 39.3 Å². The first-order valence-corrected chi connectivity index (χ1v) is 14.4. The fourth-order valence-corrected chi connectivity index (χ4v) is 7.95. The van der Waals surface area contributed by atoms with E-state index in [2.05, 4.69) is 4.98 Å². The summed E-state index contributed by atoms with van der Waals surface area (Å²) in [5.41, 5.74) is 0.867. The van der Waals surface area contributed by atoms with Gasteiger partial charge in [0.05, 0.1) is 22.2 Å². The predicted octanol–water partition coefficient (Wildman–Crippen LogP) is 1.74. The van der Waals surface area contributed by atoms with Gasteiger partial charge in [-0.2, -0.15) is 4.31 Å². The molecule has 2 saturated heterocycles. The largest absolute Gasteiger partial charge is 0.431 e. The SMILES string of the molecule is CN(C(=O)CSc1nc2cc(S(=O)(=O)N3CCCCC3)ccc2o1)[C@@H]1CCS(=O)(=O)C1. The fraction of sp³-hybridized carbons (Fsp3) is 0.579. The summed E-state index contributed by atoms with van der Waals surface area (Å²) < 4.78 is 56.2. The lowest BCUT2D eigenvalue weighted by molar-refractivity contribution is -0.128. The zero-order chi connectivity index (χ0) is 22.2. The van der Waals surface area contributed by atoms with Gasteiger partial charge in [-0.25, -0.2) is 21.8 Å². The maximum atomic E-state index is 12.9. The second kappa shape index (κ2) is 8.72. The van der Waals surface area contributed by atoms with Gasteiger partial charge in [-0.3, -0.25) is 4.79 Å². The topological polar surface area (TPSA) is 118 Å². The quantitative estimate of drug-likeness (QED) is 0.566. The highest BCUT2D eigenvalue weighted by Gasteiger charge is 2.33. The van der Waals surface area contributed by atoms with Crippen molar-refractivity contribution in [2.45, 2.75) is 41.8 Å². The summed E-state index contributed by atoms with van der Waals surface area (Å²) in [6, 6.07) is 4.31. The normalized spacial score (nSPS) is 22.0. The zero-order valence-electron chi connectivity index (χ0n) is 17.2. The summed E-state index contributed by atoms with van der Waals surface area (Å²) in [6.45, 7) is 1.05. The molecule has 1 atom stereocenters. The van der Waals surface area contributed by atoms with Gasteiger partial charge in [0.25, 0.3) is 5.22 Å². The molecule has 0 radical (unpaired) electrons. The molecule has 1 aromatic carbocycles. The third kappa shape index (κ3) is 4.91. The van der Waals surface area contributed by atoms with Crippen LogP contribution in [0.3, 0.4) is 0 Å². The molecule has 4 rings (SSSR count). The van der Waals surface area contributed by atoms with Crippen molar-refractivity contribution < 1.29 is 26.0 Å². The Labute approximate surface area is 186 Å². The number of benzene rings is 1. The average Bonchev–Trinajstić information content (AvgIpc) is 3.33. The molecule has 3 heterocycles. The molecular weight excluding hydrogens is 462 g/mol. The first-order valence-electron chi connectivity index (χ1n) is 10.2. The van der Waals surface area contributed by atoms with Crippen LogP contribution in [0.25, 0.3) is 11.1 Å². The minimum absolute atomic E-state index is 0.00291. The smallest absolute Gasteiger partial charge is 0.257 e.